The first-order valence-electron chi connectivity index (χ1n) is 7.34. The number of hydrogen-bond donors (Lipinski definition) is 1. The first kappa shape index (κ1) is 16.5. The maximum absolute atomic E-state index is 11.8. The molecule has 0 radical (unpaired) electrons. The molecule has 1 aromatic carbocycles. The molecule has 1 aliphatic rings. The van der Waals surface area contributed by atoms with Crippen LogP contribution in [0.5, 0.6) is 0 Å². The van der Waals surface area contributed by atoms with Crippen LogP contribution in [0.4, 0.5) is 0 Å². The highest BCUT2D eigenvalue weighted by molar-refractivity contribution is 7.90. The van der Waals surface area contributed by atoms with E-state index in [0.717, 1.165) is 13.0 Å². The van der Waals surface area contributed by atoms with Crippen molar-refractivity contribution in [3.05, 3.63) is 40.4 Å². The van der Waals surface area contributed by atoms with E-state index in [4.69, 9.17) is 11.6 Å². The lowest BCUT2D eigenvalue weighted by atomic mass is 9.97. The topological polar surface area (TPSA) is 46.2 Å². The van der Waals surface area contributed by atoms with Crippen LogP contribution >= 0.6 is 11.6 Å². The molecule has 0 amide bonds. The molecule has 0 atom stereocenters. The van der Waals surface area contributed by atoms with Gasteiger partial charge in [-0.05, 0) is 50.8 Å². The second-order valence-corrected chi connectivity index (χ2v) is 7.91. The lowest BCUT2D eigenvalue weighted by Gasteiger charge is -2.14. The van der Waals surface area contributed by atoms with Gasteiger partial charge in [0.2, 0.25) is 0 Å². The van der Waals surface area contributed by atoms with Crippen molar-refractivity contribution in [2.75, 3.05) is 12.8 Å². The van der Waals surface area contributed by atoms with Crippen molar-refractivity contribution in [2.45, 2.75) is 43.5 Å². The summed E-state index contributed by atoms with van der Waals surface area (Å²) in [6.45, 7) is 1.33. The van der Waals surface area contributed by atoms with Gasteiger partial charge in [-0.1, -0.05) is 29.3 Å². The molecule has 0 spiro atoms. The van der Waals surface area contributed by atoms with Gasteiger partial charge in [0.25, 0.3) is 0 Å². The van der Waals surface area contributed by atoms with Crippen molar-refractivity contribution in [1.82, 2.24) is 5.32 Å². The minimum absolute atomic E-state index is 0.319. The zero-order valence-corrected chi connectivity index (χ0v) is 13.9. The van der Waals surface area contributed by atoms with E-state index in [1.54, 1.807) is 18.2 Å². The Balaban J connectivity index is 1.95. The SMILES string of the molecule is CS(=O)(=O)c1cccc(Cl)c1CNCCC1=CCCCC1. The molecule has 116 valence electrons. The average molecular weight is 328 g/mol. The molecule has 0 heterocycles. The van der Waals surface area contributed by atoms with Crippen LogP contribution < -0.4 is 5.32 Å². The van der Waals surface area contributed by atoms with Gasteiger partial charge in [0.15, 0.2) is 9.84 Å². The maximum Gasteiger partial charge on any atom is 0.175 e. The smallest absolute Gasteiger partial charge is 0.175 e. The van der Waals surface area contributed by atoms with E-state index in [-0.39, 0.29) is 0 Å². The summed E-state index contributed by atoms with van der Waals surface area (Å²) in [4.78, 5) is 0.319. The molecular formula is C16H22ClNO2S. The van der Waals surface area contributed by atoms with Crippen LogP contribution in [-0.4, -0.2) is 21.2 Å². The van der Waals surface area contributed by atoms with Crippen LogP contribution in [0.25, 0.3) is 0 Å². The Hall–Kier alpha value is -0.840. The summed E-state index contributed by atoms with van der Waals surface area (Å²) in [7, 11) is -3.25. The molecule has 0 saturated heterocycles. The van der Waals surface area contributed by atoms with E-state index in [0.29, 0.717) is 22.0 Å². The van der Waals surface area contributed by atoms with Gasteiger partial charge < -0.3 is 5.32 Å². The van der Waals surface area contributed by atoms with Crippen LogP contribution in [0.3, 0.4) is 0 Å². The van der Waals surface area contributed by atoms with E-state index in [1.165, 1.54) is 37.5 Å². The zero-order valence-electron chi connectivity index (χ0n) is 12.4. The van der Waals surface area contributed by atoms with E-state index in [2.05, 4.69) is 11.4 Å². The fourth-order valence-electron chi connectivity index (χ4n) is 2.65. The Morgan fingerprint density at radius 2 is 2.10 bits per heavy atom. The molecule has 0 bridgehead atoms. The molecule has 5 heteroatoms. The number of nitrogens with one attached hydrogen (secondary N) is 1. The number of sulfone groups is 1. The Morgan fingerprint density at radius 1 is 1.29 bits per heavy atom. The average Bonchev–Trinajstić information content (AvgIpc) is 2.45. The number of benzene rings is 1. The molecule has 0 unspecified atom stereocenters. The molecule has 2 rings (SSSR count). The van der Waals surface area contributed by atoms with Gasteiger partial charge >= 0.3 is 0 Å². The molecule has 0 saturated carbocycles. The van der Waals surface area contributed by atoms with Gasteiger partial charge in [-0.25, -0.2) is 8.42 Å². The predicted octanol–water partition coefficient (Wildman–Crippen LogP) is 3.72. The lowest BCUT2D eigenvalue weighted by Crippen LogP contribution is -2.18. The monoisotopic (exact) mass is 327 g/mol. The quantitative estimate of drug-likeness (QED) is 0.639. The third kappa shape index (κ3) is 4.83. The second-order valence-electron chi connectivity index (χ2n) is 5.52. The number of halogens is 1. The second kappa shape index (κ2) is 7.43. The zero-order chi connectivity index (χ0) is 15.3. The van der Waals surface area contributed by atoms with Crippen molar-refractivity contribution in [3.63, 3.8) is 0 Å². The van der Waals surface area contributed by atoms with Gasteiger partial charge in [-0.2, -0.15) is 0 Å². The Labute approximate surface area is 132 Å². The third-order valence-electron chi connectivity index (χ3n) is 3.79. The third-order valence-corrected chi connectivity index (χ3v) is 5.32. The van der Waals surface area contributed by atoms with Gasteiger partial charge in [0.1, 0.15) is 0 Å². The largest absolute Gasteiger partial charge is 0.312 e. The molecule has 1 aliphatic carbocycles. The summed E-state index contributed by atoms with van der Waals surface area (Å²) in [6, 6.07) is 5.02. The van der Waals surface area contributed by atoms with Gasteiger partial charge in [0, 0.05) is 23.4 Å². The van der Waals surface area contributed by atoms with Crippen molar-refractivity contribution < 1.29 is 8.42 Å². The van der Waals surface area contributed by atoms with E-state index in [1.807, 2.05) is 0 Å². The molecule has 1 N–H and O–H groups in total. The molecule has 0 aromatic heterocycles. The van der Waals surface area contributed by atoms with Crippen molar-refractivity contribution in [2.24, 2.45) is 0 Å². The van der Waals surface area contributed by atoms with Crippen LogP contribution in [0.2, 0.25) is 5.02 Å². The fourth-order valence-corrected chi connectivity index (χ4v) is 3.90. The summed E-state index contributed by atoms with van der Waals surface area (Å²) in [6.07, 6.45) is 9.56. The first-order valence-corrected chi connectivity index (χ1v) is 9.61. The molecule has 3 nitrogen and oxygen atoms in total. The van der Waals surface area contributed by atoms with Gasteiger partial charge in [0.05, 0.1) is 4.90 Å². The number of rotatable bonds is 6. The van der Waals surface area contributed by atoms with Crippen LogP contribution in [0.1, 0.15) is 37.7 Å². The summed E-state index contributed by atoms with van der Waals surface area (Å²) >= 11 is 6.15. The van der Waals surface area contributed by atoms with E-state index < -0.39 is 9.84 Å². The van der Waals surface area contributed by atoms with Gasteiger partial charge in [-0.3, -0.25) is 0 Å². The highest BCUT2D eigenvalue weighted by Crippen LogP contribution is 2.24. The predicted molar refractivity (Wildman–Crippen MR) is 87.4 cm³/mol. The minimum Gasteiger partial charge on any atom is -0.312 e. The summed E-state index contributed by atoms with van der Waals surface area (Å²) in [5, 5.41) is 3.81. The van der Waals surface area contributed by atoms with Crippen LogP contribution in [0.15, 0.2) is 34.7 Å². The van der Waals surface area contributed by atoms with Crippen LogP contribution in [0, 0.1) is 0 Å². The van der Waals surface area contributed by atoms with Crippen molar-refractivity contribution in [3.8, 4) is 0 Å². The van der Waals surface area contributed by atoms with Gasteiger partial charge in [-0.15, -0.1) is 0 Å². The summed E-state index contributed by atoms with van der Waals surface area (Å²) in [5.41, 5.74) is 2.18. The van der Waals surface area contributed by atoms with E-state index >= 15 is 0 Å². The normalized spacial score (nSPS) is 15.8. The van der Waals surface area contributed by atoms with Crippen molar-refractivity contribution in [1.29, 1.82) is 0 Å². The number of allylic oxidation sites excluding steroid dienone is 1. The highest BCUT2D eigenvalue weighted by Gasteiger charge is 2.15. The molecule has 1 aromatic rings. The molecule has 0 aliphatic heterocycles. The maximum atomic E-state index is 11.8. The van der Waals surface area contributed by atoms with Crippen molar-refractivity contribution >= 4 is 21.4 Å². The lowest BCUT2D eigenvalue weighted by molar-refractivity contribution is 0.597. The summed E-state index contributed by atoms with van der Waals surface area (Å²) in [5.74, 6) is 0. The fraction of sp³-hybridized carbons (Fsp3) is 0.500. The molecule has 0 fully saturated rings. The molecular weight excluding hydrogens is 306 g/mol. The highest BCUT2D eigenvalue weighted by atomic mass is 35.5. The van der Waals surface area contributed by atoms with E-state index in [9.17, 15) is 8.42 Å². The standard InChI is InChI=1S/C16H22ClNO2S/c1-21(19,20)16-9-5-8-15(17)14(16)12-18-11-10-13-6-3-2-4-7-13/h5-6,8-9,18H,2-4,7,10-12H2,1H3. The Kier molecular flexibility index (Phi) is 5.85. The Bertz CT molecular complexity index is 623. The summed E-state index contributed by atoms with van der Waals surface area (Å²) < 4.78 is 23.6. The number of hydrogen-bond acceptors (Lipinski definition) is 3. The minimum atomic E-state index is -3.25. The first-order chi connectivity index (χ1) is 9.98. The Morgan fingerprint density at radius 3 is 2.76 bits per heavy atom. The van der Waals surface area contributed by atoms with Crippen LogP contribution in [-0.2, 0) is 16.4 Å². The molecule has 21 heavy (non-hydrogen) atoms.